The second-order valence-electron chi connectivity index (χ2n) is 11.1. The van der Waals surface area contributed by atoms with Gasteiger partial charge >= 0.3 is 0 Å². The van der Waals surface area contributed by atoms with E-state index in [-0.39, 0.29) is 35.1 Å². The molecule has 0 aliphatic heterocycles. The molecule has 2 aromatic rings. The fourth-order valence-corrected chi connectivity index (χ4v) is 5.84. The number of ketones is 1. The summed E-state index contributed by atoms with van der Waals surface area (Å²) in [6, 6.07) is 5.29. The number of rotatable bonds is 8. The van der Waals surface area contributed by atoms with Crippen LogP contribution in [-0.2, 0) is 4.79 Å². The summed E-state index contributed by atoms with van der Waals surface area (Å²) in [6.45, 7) is 8.46. The van der Waals surface area contributed by atoms with Crippen LogP contribution >= 0.6 is 23.2 Å². The zero-order valence-electron chi connectivity index (χ0n) is 21.0. The normalized spacial score (nSPS) is 24.1. The molecule has 0 bridgehead atoms. The van der Waals surface area contributed by atoms with Crippen LogP contribution in [0.4, 0.5) is 0 Å². The van der Waals surface area contributed by atoms with Crippen LogP contribution in [0, 0.1) is 17.8 Å². The van der Waals surface area contributed by atoms with Gasteiger partial charge in [-0.3, -0.25) is 14.3 Å². The predicted molar refractivity (Wildman–Crippen MR) is 138 cm³/mol. The molecule has 1 amide bonds. The highest BCUT2D eigenvalue weighted by atomic mass is 35.5. The summed E-state index contributed by atoms with van der Waals surface area (Å²) in [4.78, 5) is 27.5. The van der Waals surface area contributed by atoms with Gasteiger partial charge in [0.1, 0.15) is 5.78 Å². The molecule has 0 spiro atoms. The van der Waals surface area contributed by atoms with Gasteiger partial charge in [-0.25, -0.2) is 0 Å². The number of nitrogens with zero attached hydrogens (tertiary/aromatic N) is 3. The van der Waals surface area contributed by atoms with E-state index < -0.39 is 6.10 Å². The summed E-state index contributed by atoms with van der Waals surface area (Å²) in [7, 11) is 0. The standard InChI is InChI=1S/C27H35Cl2N3O3/c1-17-20(14-30-32(17)19-8-10-27(4,11-9-19)18(2)33)25(35)31(16-26(3)12-13-26)15-23(34)24-21(28)6-5-7-22(24)29/h5-7,14,19,23,34H,8-13,15-16H2,1-4H3/t19-,23?,27-. The van der Waals surface area contributed by atoms with Crippen molar-refractivity contribution in [1.29, 1.82) is 0 Å². The number of benzene rings is 1. The van der Waals surface area contributed by atoms with E-state index in [1.54, 1.807) is 36.2 Å². The molecule has 8 heteroatoms. The number of carbonyl (C=O) groups excluding carboxylic acids is 2. The Morgan fingerprint density at radius 2 is 1.77 bits per heavy atom. The third-order valence-corrected chi connectivity index (χ3v) is 8.88. The first-order valence-electron chi connectivity index (χ1n) is 12.4. The Hall–Kier alpha value is -1.89. The lowest BCUT2D eigenvalue weighted by Gasteiger charge is -2.35. The van der Waals surface area contributed by atoms with Crippen LogP contribution in [0.3, 0.4) is 0 Å². The minimum absolute atomic E-state index is 0.0596. The Bertz CT molecular complexity index is 1100. The number of halogens is 2. The first kappa shape index (κ1) is 26.2. The average Bonchev–Trinajstić information content (AvgIpc) is 3.40. The number of hydrogen-bond donors (Lipinski definition) is 1. The first-order valence-corrected chi connectivity index (χ1v) is 13.2. The molecule has 6 nitrogen and oxygen atoms in total. The number of Topliss-reactive ketones (excluding diaryl/α,β-unsaturated/α-hetero) is 1. The van der Waals surface area contributed by atoms with Gasteiger partial charge in [0.15, 0.2) is 0 Å². The van der Waals surface area contributed by atoms with Gasteiger partial charge in [-0.15, -0.1) is 0 Å². The SMILES string of the molecule is Cc1c(C(=O)N(CC(O)c2c(Cl)cccc2Cl)CC2(C)CC2)cnn1[C@H]1CC[C@](C)(C(C)=O)CC1. The number of aromatic nitrogens is 2. The molecule has 2 aliphatic rings. The van der Waals surface area contributed by atoms with Crippen LogP contribution in [-0.4, -0.2) is 44.6 Å². The zero-order valence-corrected chi connectivity index (χ0v) is 22.5. The molecule has 1 heterocycles. The van der Waals surface area contributed by atoms with Crippen molar-refractivity contribution in [1.82, 2.24) is 14.7 Å². The molecule has 190 valence electrons. The van der Waals surface area contributed by atoms with Gasteiger partial charge in [0.25, 0.3) is 5.91 Å². The van der Waals surface area contributed by atoms with Crippen LogP contribution in [0.5, 0.6) is 0 Å². The zero-order chi connectivity index (χ0) is 25.5. The second-order valence-corrected chi connectivity index (χ2v) is 11.9. The summed E-state index contributed by atoms with van der Waals surface area (Å²) in [5, 5.41) is 16.4. The van der Waals surface area contributed by atoms with E-state index >= 15 is 0 Å². The molecular weight excluding hydrogens is 485 g/mol. The third kappa shape index (κ3) is 5.45. The number of amides is 1. The van der Waals surface area contributed by atoms with Crippen molar-refractivity contribution in [2.75, 3.05) is 13.1 Å². The highest BCUT2D eigenvalue weighted by Gasteiger charge is 2.41. The average molecular weight is 521 g/mol. The van der Waals surface area contributed by atoms with Gasteiger partial charge in [0, 0.05) is 33.3 Å². The van der Waals surface area contributed by atoms with Crippen molar-refractivity contribution in [3.05, 3.63) is 51.3 Å². The van der Waals surface area contributed by atoms with Crippen molar-refractivity contribution < 1.29 is 14.7 Å². The Morgan fingerprint density at radius 3 is 2.31 bits per heavy atom. The van der Waals surface area contributed by atoms with E-state index in [0.717, 1.165) is 44.2 Å². The molecule has 1 atom stereocenters. The maximum atomic E-state index is 13.7. The van der Waals surface area contributed by atoms with E-state index in [9.17, 15) is 14.7 Å². The number of aliphatic hydroxyl groups is 1. The van der Waals surface area contributed by atoms with Crippen LogP contribution in [0.25, 0.3) is 0 Å². The van der Waals surface area contributed by atoms with E-state index in [1.165, 1.54) is 0 Å². The van der Waals surface area contributed by atoms with Crippen molar-refractivity contribution in [3.8, 4) is 0 Å². The lowest BCUT2D eigenvalue weighted by atomic mass is 9.71. The van der Waals surface area contributed by atoms with Crippen molar-refractivity contribution in [2.24, 2.45) is 10.8 Å². The highest BCUT2D eigenvalue weighted by molar-refractivity contribution is 6.36. The maximum Gasteiger partial charge on any atom is 0.257 e. The van der Waals surface area contributed by atoms with Crippen LogP contribution < -0.4 is 0 Å². The van der Waals surface area contributed by atoms with Gasteiger partial charge in [-0.1, -0.05) is 43.1 Å². The van der Waals surface area contributed by atoms with E-state index in [4.69, 9.17) is 23.2 Å². The third-order valence-electron chi connectivity index (χ3n) is 8.22. The number of hydrogen-bond acceptors (Lipinski definition) is 4. The Morgan fingerprint density at radius 1 is 1.17 bits per heavy atom. The minimum atomic E-state index is -1.000. The summed E-state index contributed by atoms with van der Waals surface area (Å²) >= 11 is 12.6. The molecule has 1 aromatic heterocycles. The second kappa shape index (κ2) is 9.87. The molecule has 1 unspecified atom stereocenters. The Balaban J connectivity index is 1.54. The fraction of sp³-hybridized carbons (Fsp3) is 0.593. The van der Waals surface area contributed by atoms with Gasteiger partial charge < -0.3 is 10.0 Å². The molecule has 2 fully saturated rings. The molecule has 1 N–H and O–H groups in total. The number of carbonyl (C=O) groups is 2. The summed E-state index contributed by atoms with van der Waals surface area (Å²) < 4.78 is 1.95. The number of aliphatic hydroxyl groups excluding tert-OH is 1. The first-order chi connectivity index (χ1) is 16.4. The topological polar surface area (TPSA) is 75.4 Å². The molecule has 2 aliphatic carbocycles. The maximum absolute atomic E-state index is 13.7. The van der Waals surface area contributed by atoms with Gasteiger partial charge in [-0.2, -0.15) is 5.10 Å². The lowest BCUT2D eigenvalue weighted by molar-refractivity contribution is -0.127. The Labute approximate surface area is 217 Å². The summed E-state index contributed by atoms with van der Waals surface area (Å²) in [6.07, 6.45) is 6.11. The van der Waals surface area contributed by atoms with Crippen molar-refractivity contribution in [3.63, 3.8) is 0 Å². The predicted octanol–water partition coefficient (Wildman–Crippen LogP) is 6.18. The molecule has 4 rings (SSSR count). The van der Waals surface area contributed by atoms with Crippen LogP contribution in [0.2, 0.25) is 10.0 Å². The minimum Gasteiger partial charge on any atom is -0.386 e. The lowest BCUT2D eigenvalue weighted by Crippen LogP contribution is -2.39. The molecular formula is C27H35Cl2N3O3. The van der Waals surface area contributed by atoms with Crippen LogP contribution in [0.15, 0.2) is 24.4 Å². The molecule has 1 aromatic carbocycles. The molecule has 0 radical (unpaired) electrons. The highest BCUT2D eigenvalue weighted by Crippen LogP contribution is 2.46. The van der Waals surface area contributed by atoms with E-state index in [1.807, 2.05) is 18.5 Å². The van der Waals surface area contributed by atoms with Crippen molar-refractivity contribution >= 4 is 34.9 Å². The molecule has 0 saturated heterocycles. The van der Waals surface area contributed by atoms with Crippen molar-refractivity contribution in [2.45, 2.75) is 78.4 Å². The summed E-state index contributed by atoms with van der Waals surface area (Å²) in [5.41, 5.74) is 1.61. The Kier molecular flexibility index (Phi) is 7.38. The monoisotopic (exact) mass is 519 g/mol. The fourth-order valence-electron chi connectivity index (χ4n) is 5.19. The summed E-state index contributed by atoms with van der Waals surface area (Å²) in [5.74, 6) is 0.0962. The van der Waals surface area contributed by atoms with E-state index in [2.05, 4.69) is 12.0 Å². The van der Waals surface area contributed by atoms with Gasteiger partial charge in [0.2, 0.25) is 0 Å². The molecule has 2 saturated carbocycles. The quantitative estimate of drug-likeness (QED) is 0.451. The smallest absolute Gasteiger partial charge is 0.257 e. The largest absolute Gasteiger partial charge is 0.386 e. The van der Waals surface area contributed by atoms with Crippen LogP contribution in [0.1, 0.15) is 93.1 Å². The van der Waals surface area contributed by atoms with E-state index in [0.29, 0.717) is 27.7 Å². The molecule has 35 heavy (non-hydrogen) atoms. The van der Waals surface area contributed by atoms with Gasteiger partial charge in [-0.05, 0) is 69.9 Å². The van der Waals surface area contributed by atoms with Gasteiger partial charge in [0.05, 0.1) is 30.5 Å².